The van der Waals surface area contributed by atoms with E-state index in [4.69, 9.17) is 20.4 Å². The van der Waals surface area contributed by atoms with Gasteiger partial charge in [0, 0.05) is 19.6 Å². The van der Waals surface area contributed by atoms with E-state index in [1.807, 2.05) is 25.1 Å². The van der Waals surface area contributed by atoms with Gasteiger partial charge in [-0.15, -0.1) is 0 Å². The minimum absolute atomic E-state index is 0.0694. The molecule has 0 aliphatic heterocycles. The number of benzene rings is 1. The predicted molar refractivity (Wildman–Crippen MR) is 70.5 cm³/mol. The van der Waals surface area contributed by atoms with E-state index >= 15 is 0 Å². The summed E-state index contributed by atoms with van der Waals surface area (Å²) in [5, 5.41) is 34.4. The van der Waals surface area contributed by atoms with Crippen molar-refractivity contribution in [3.8, 4) is 5.75 Å². The Balaban J connectivity index is 0.000000327. The molecule has 1 aromatic rings. The highest BCUT2D eigenvalue weighted by Gasteiger charge is 2.00. The first-order valence-electron chi connectivity index (χ1n) is 5.95. The molecule has 0 unspecified atom stereocenters. The zero-order valence-electron chi connectivity index (χ0n) is 10.8. The number of aryl methyl sites for hydroxylation is 1. The fraction of sp³-hybridized carbons (Fsp3) is 0.538. The fourth-order valence-electron chi connectivity index (χ4n) is 1.32. The standard InChI is InChI=1S/C7H8O.C6H15NO3/c1-6-4-2-3-5-7(6)8;8-4-1-7(2-5-9)3-6-10/h2-5,8H,1H3;8-10H,1-6H2. The monoisotopic (exact) mass is 257 g/mol. The van der Waals surface area contributed by atoms with Crippen molar-refractivity contribution in [1.29, 1.82) is 0 Å². The summed E-state index contributed by atoms with van der Waals surface area (Å²) >= 11 is 0. The lowest BCUT2D eigenvalue weighted by atomic mass is 10.2. The first-order chi connectivity index (χ1) is 8.65. The van der Waals surface area contributed by atoms with Crippen LogP contribution in [0.1, 0.15) is 5.56 Å². The highest BCUT2D eigenvalue weighted by molar-refractivity contribution is 5.29. The van der Waals surface area contributed by atoms with Gasteiger partial charge in [0.25, 0.3) is 0 Å². The van der Waals surface area contributed by atoms with E-state index in [-0.39, 0.29) is 19.8 Å². The summed E-state index contributed by atoms with van der Waals surface area (Å²) < 4.78 is 0. The quantitative estimate of drug-likeness (QED) is 0.575. The number of aliphatic hydroxyl groups is 3. The van der Waals surface area contributed by atoms with Crippen LogP contribution in [0.2, 0.25) is 0 Å². The highest BCUT2D eigenvalue weighted by Crippen LogP contribution is 2.12. The predicted octanol–water partition coefficient (Wildman–Crippen LogP) is -0.0341. The van der Waals surface area contributed by atoms with E-state index < -0.39 is 0 Å². The SMILES string of the molecule is Cc1ccccc1O.OCCN(CCO)CCO. The lowest BCUT2D eigenvalue weighted by Gasteiger charge is -2.17. The van der Waals surface area contributed by atoms with E-state index in [1.165, 1.54) is 0 Å². The second kappa shape index (κ2) is 11.0. The minimum atomic E-state index is 0.0694. The van der Waals surface area contributed by atoms with Gasteiger partial charge >= 0.3 is 0 Å². The van der Waals surface area contributed by atoms with Gasteiger partial charge in [-0.3, -0.25) is 4.90 Å². The summed E-state index contributed by atoms with van der Waals surface area (Å²) in [6, 6.07) is 7.25. The molecule has 5 heteroatoms. The highest BCUT2D eigenvalue weighted by atomic mass is 16.3. The van der Waals surface area contributed by atoms with Gasteiger partial charge in [0.2, 0.25) is 0 Å². The molecule has 5 nitrogen and oxygen atoms in total. The first-order valence-corrected chi connectivity index (χ1v) is 5.95. The molecule has 18 heavy (non-hydrogen) atoms. The Hall–Kier alpha value is -1.14. The van der Waals surface area contributed by atoms with Crippen LogP contribution in [0, 0.1) is 6.92 Å². The molecule has 0 atom stereocenters. The number of hydrogen-bond donors (Lipinski definition) is 4. The minimum Gasteiger partial charge on any atom is -0.508 e. The van der Waals surface area contributed by atoms with E-state index in [0.29, 0.717) is 25.4 Å². The second-order valence-electron chi connectivity index (χ2n) is 3.80. The molecule has 4 N–H and O–H groups in total. The van der Waals surface area contributed by atoms with Crippen LogP contribution in [0.25, 0.3) is 0 Å². The molecule has 0 aliphatic rings. The van der Waals surface area contributed by atoms with E-state index in [1.54, 1.807) is 11.0 Å². The molecule has 104 valence electrons. The molecule has 1 rings (SSSR count). The number of aliphatic hydroxyl groups excluding tert-OH is 3. The van der Waals surface area contributed by atoms with Crippen LogP contribution in [0.3, 0.4) is 0 Å². The number of aromatic hydroxyl groups is 1. The smallest absolute Gasteiger partial charge is 0.118 e. The lowest BCUT2D eigenvalue weighted by Crippen LogP contribution is -2.32. The van der Waals surface area contributed by atoms with E-state index in [0.717, 1.165) is 5.56 Å². The third kappa shape index (κ3) is 8.03. The summed E-state index contributed by atoms with van der Waals surface area (Å²) in [6.07, 6.45) is 0. The number of rotatable bonds is 6. The Morgan fingerprint density at radius 1 is 0.889 bits per heavy atom. The van der Waals surface area contributed by atoms with Crippen LogP contribution in [0.5, 0.6) is 5.75 Å². The van der Waals surface area contributed by atoms with Crippen LogP contribution in [0.15, 0.2) is 24.3 Å². The Morgan fingerprint density at radius 2 is 1.33 bits per heavy atom. The molecule has 0 fully saturated rings. The van der Waals surface area contributed by atoms with Gasteiger partial charge in [-0.05, 0) is 18.6 Å². The molecule has 0 aliphatic carbocycles. The van der Waals surface area contributed by atoms with Gasteiger partial charge in [0.05, 0.1) is 19.8 Å². The van der Waals surface area contributed by atoms with Crippen LogP contribution in [0.4, 0.5) is 0 Å². The van der Waals surface area contributed by atoms with Crippen molar-refractivity contribution in [1.82, 2.24) is 4.90 Å². The van der Waals surface area contributed by atoms with Gasteiger partial charge < -0.3 is 20.4 Å². The zero-order valence-corrected chi connectivity index (χ0v) is 10.8. The average molecular weight is 257 g/mol. The van der Waals surface area contributed by atoms with Crippen molar-refractivity contribution in [3.05, 3.63) is 29.8 Å². The van der Waals surface area contributed by atoms with Gasteiger partial charge in [-0.1, -0.05) is 18.2 Å². The molecule has 0 heterocycles. The summed E-state index contributed by atoms with van der Waals surface area (Å²) in [5.74, 6) is 0.368. The second-order valence-corrected chi connectivity index (χ2v) is 3.80. The maximum absolute atomic E-state index is 8.92. The molecule has 0 radical (unpaired) electrons. The summed E-state index contributed by atoms with van der Waals surface area (Å²) in [7, 11) is 0. The Morgan fingerprint density at radius 3 is 1.61 bits per heavy atom. The number of nitrogens with zero attached hydrogens (tertiary/aromatic N) is 1. The number of phenols is 1. The van der Waals surface area contributed by atoms with Crippen molar-refractivity contribution >= 4 is 0 Å². The molecular weight excluding hydrogens is 234 g/mol. The summed E-state index contributed by atoms with van der Waals surface area (Å²) in [4.78, 5) is 1.79. The lowest BCUT2D eigenvalue weighted by molar-refractivity contribution is 0.136. The molecule has 0 saturated carbocycles. The van der Waals surface area contributed by atoms with Crippen molar-refractivity contribution in [2.24, 2.45) is 0 Å². The van der Waals surface area contributed by atoms with Gasteiger partial charge in [0.15, 0.2) is 0 Å². The Labute approximate surface area is 108 Å². The third-order valence-electron chi connectivity index (χ3n) is 2.36. The number of para-hydroxylation sites is 1. The maximum atomic E-state index is 8.92. The van der Waals surface area contributed by atoms with Gasteiger partial charge in [-0.25, -0.2) is 0 Å². The van der Waals surface area contributed by atoms with E-state index in [2.05, 4.69) is 0 Å². The fourth-order valence-corrected chi connectivity index (χ4v) is 1.32. The normalized spacial score (nSPS) is 10.1. The molecule has 1 aromatic carbocycles. The number of hydrogen-bond acceptors (Lipinski definition) is 5. The van der Waals surface area contributed by atoms with Crippen molar-refractivity contribution in [2.75, 3.05) is 39.5 Å². The summed E-state index contributed by atoms with van der Waals surface area (Å²) in [5.41, 5.74) is 0.924. The van der Waals surface area contributed by atoms with Crippen LogP contribution < -0.4 is 0 Å². The van der Waals surface area contributed by atoms with Crippen molar-refractivity contribution in [2.45, 2.75) is 6.92 Å². The van der Waals surface area contributed by atoms with Crippen molar-refractivity contribution in [3.63, 3.8) is 0 Å². The van der Waals surface area contributed by atoms with Crippen LogP contribution >= 0.6 is 0 Å². The van der Waals surface area contributed by atoms with Gasteiger partial charge in [-0.2, -0.15) is 0 Å². The molecule has 0 amide bonds. The third-order valence-corrected chi connectivity index (χ3v) is 2.36. The topological polar surface area (TPSA) is 84.2 Å². The first kappa shape index (κ1) is 16.9. The van der Waals surface area contributed by atoms with Gasteiger partial charge in [0.1, 0.15) is 5.75 Å². The van der Waals surface area contributed by atoms with Crippen LogP contribution in [-0.4, -0.2) is 64.8 Å². The largest absolute Gasteiger partial charge is 0.508 e. The average Bonchev–Trinajstić information content (AvgIpc) is 2.35. The van der Waals surface area contributed by atoms with E-state index in [9.17, 15) is 0 Å². The van der Waals surface area contributed by atoms with Crippen molar-refractivity contribution < 1.29 is 20.4 Å². The molecular formula is C13H23NO4. The maximum Gasteiger partial charge on any atom is 0.118 e. The Bertz CT molecular complexity index is 272. The Kier molecular flexibility index (Phi) is 10.3. The number of phenolic OH excluding ortho intramolecular Hbond substituents is 1. The van der Waals surface area contributed by atoms with Crippen LogP contribution in [-0.2, 0) is 0 Å². The molecule has 0 saturated heterocycles. The zero-order chi connectivity index (χ0) is 13.8. The molecule has 0 spiro atoms. The summed E-state index contributed by atoms with van der Waals surface area (Å²) in [6.45, 7) is 3.62. The molecule has 0 aromatic heterocycles. The molecule has 0 bridgehead atoms.